The van der Waals surface area contributed by atoms with Gasteiger partial charge in [-0.25, -0.2) is 4.98 Å². The Morgan fingerprint density at radius 3 is 2.37 bits per heavy atom. The van der Waals surface area contributed by atoms with Crippen LogP contribution in [0.5, 0.6) is 5.75 Å². The molecular formula is C27H31ClN4O2Si. The molecule has 0 radical (unpaired) electrons. The van der Waals surface area contributed by atoms with Crippen LogP contribution in [-0.2, 0) is 0 Å². The third-order valence-electron chi connectivity index (χ3n) is 6.13. The molecule has 1 N–H and O–H groups in total. The van der Waals surface area contributed by atoms with Gasteiger partial charge in [0.2, 0.25) is 0 Å². The number of methoxy groups -OCH3 is 1. The zero-order chi connectivity index (χ0) is 25.3. The lowest BCUT2D eigenvalue weighted by atomic mass is 10.1. The third-order valence-corrected chi connectivity index (χ3v) is 8.41. The largest absolute Gasteiger partial charge is 0.494 e. The van der Waals surface area contributed by atoms with E-state index in [9.17, 15) is 4.79 Å². The number of hydrogen-bond donors (Lipinski definition) is 1. The summed E-state index contributed by atoms with van der Waals surface area (Å²) in [6.07, 6.45) is 5.36. The van der Waals surface area contributed by atoms with Gasteiger partial charge in [-0.3, -0.25) is 4.79 Å². The maximum Gasteiger partial charge on any atom is 0.274 e. The summed E-state index contributed by atoms with van der Waals surface area (Å²) >= 11 is 6.44. The Hall–Kier alpha value is -3.29. The maximum absolute atomic E-state index is 13.4. The smallest absolute Gasteiger partial charge is 0.274 e. The SMILES string of the molecule is COc1cc(Nc2cc(Cl)cn([C@@H](C)c3ccc([Si](C)(C)C)cc3)c2=O)ccc1-n1cnc(C)c1. The molecule has 35 heavy (non-hydrogen) atoms. The minimum absolute atomic E-state index is 0.149. The Morgan fingerprint density at radius 1 is 1.06 bits per heavy atom. The first kappa shape index (κ1) is 24.8. The summed E-state index contributed by atoms with van der Waals surface area (Å²) in [6.45, 7) is 10.9. The van der Waals surface area contributed by atoms with Crippen LogP contribution in [0.1, 0.15) is 24.2 Å². The lowest BCUT2D eigenvalue weighted by Gasteiger charge is -2.21. The van der Waals surface area contributed by atoms with Gasteiger partial charge in [-0.15, -0.1) is 0 Å². The van der Waals surface area contributed by atoms with Gasteiger partial charge in [0.1, 0.15) is 11.4 Å². The van der Waals surface area contributed by atoms with Gasteiger partial charge in [-0.1, -0.05) is 60.7 Å². The first-order chi connectivity index (χ1) is 16.6. The molecule has 4 rings (SSSR count). The summed E-state index contributed by atoms with van der Waals surface area (Å²) in [5.41, 5.74) is 3.81. The van der Waals surface area contributed by atoms with Gasteiger partial charge in [0.15, 0.2) is 0 Å². The van der Waals surface area contributed by atoms with Crippen LogP contribution in [0.2, 0.25) is 24.7 Å². The predicted octanol–water partition coefficient (Wildman–Crippen LogP) is 5.90. The molecule has 0 saturated heterocycles. The molecule has 0 unspecified atom stereocenters. The lowest BCUT2D eigenvalue weighted by molar-refractivity contribution is 0.413. The minimum atomic E-state index is -1.39. The number of halogens is 1. The molecular weight excluding hydrogens is 476 g/mol. The van der Waals surface area contributed by atoms with E-state index in [1.807, 2.05) is 42.8 Å². The van der Waals surface area contributed by atoms with Crippen LogP contribution in [0, 0.1) is 6.92 Å². The summed E-state index contributed by atoms with van der Waals surface area (Å²) in [5, 5.41) is 5.10. The number of aromatic nitrogens is 3. The Labute approximate surface area is 212 Å². The van der Waals surface area contributed by atoms with E-state index in [2.05, 4.69) is 54.2 Å². The van der Waals surface area contributed by atoms with E-state index >= 15 is 0 Å². The van der Waals surface area contributed by atoms with Crippen molar-refractivity contribution in [3.8, 4) is 11.4 Å². The van der Waals surface area contributed by atoms with Crippen LogP contribution >= 0.6 is 11.6 Å². The molecule has 0 spiro atoms. The molecule has 2 aromatic heterocycles. The van der Waals surface area contributed by atoms with Crippen LogP contribution in [-0.4, -0.2) is 29.3 Å². The topological polar surface area (TPSA) is 61.1 Å². The fourth-order valence-corrected chi connectivity index (χ4v) is 5.43. The summed E-state index contributed by atoms with van der Waals surface area (Å²) in [7, 11) is 0.229. The molecule has 2 aromatic carbocycles. The van der Waals surface area contributed by atoms with Crippen LogP contribution in [0.3, 0.4) is 0 Å². The first-order valence-electron chi connectivity index (χ1n) is 11.5. The normalized spacial score (nSPS) is 12.4. The van der Waals surface area contributed by atoms with Gasteiger partial charge in [-0.05, 0) is 37.6 Å². The van der Waals surface area contributed by atoms with Crippen molar-refractivity contribution in [2.24, 2.45) is 0 Å². The minimum Gasteiger partial charge on any atom is -0.494 e. The van der Waals surface area contributed by atoms with Gasteiger partial charge < -0.3 is 19.2 Å². The highest BCUT2D eigenvalue weighted by atomic mass is 35.5. The highest BCUT2D eigenvalue weighted by Gasteiger charge is 2.18. The molecule has 0 aliphatic carbocycles. The quantitative estimate of drug-likeness (QED) is 0.317. The number of ether oxygens (including phenoxy) is 1. The van der Waals surface area contributed by atoms with Gasteiger partial charge in [0.05, 0.1) is 44.0 Å². The van der Waals surface area contributed by atoms with E-state index in [-0.39, 0.29) is 11.6 Å². The van der Waals surface area contributed by atoms with Gasteiger partial charge in [0, 0.05) is 24.1 Å². The molecule has 0 bridgehead atoms. The van der Waals surface area contributed by atoms with Crippen molar-refractivity contribution in [2.75, 3.05) is 12.4 Å². The molecule has 0 aliphatic heterocycles. The van der Waals surface area contributed by atoms with Crippen LogP contribution in [0.25, 0.3) is 5.69 Å². The summed E-state index contributed by atoms with van der Waals surface area (Å²) in [6, 6.07) is 15.8. The van der Waals surface area contributed by atoms with Gasteiger partial charge >= 0.3 is 0 Å². The van der Waals surface area contributed by atoms with Crippen molar-refractivity contribution in [1.82, 2.24) is 14.1 Å². The molecule has 0 fully saturated rings. The number of pyridine rings is 1. The Kier molecular flexibility index (Phi) is 6.92. The Morgan fingerprint density at radius 2 is 1.77 bits per heavy atom. The number of hydrogen-bond acceptors (Lipinski definition) is 4. The van der Waals surface area contributed by atoms with E-state index in [0.717, 1.165) is 22.6 Å². The number of aryl methyl sites for hydroxylation is 1. The third kappa shape index (κ3) is 5.36. The summed E-state index contributed by atoms with van der Waals surface area (Å²) in [5.74, 6) is 0.658. The number of anilines is 2. The van der Waals surface area contributed by atoms with Gasteiger partial charge in [0.25, 0.3) is 5.56 Å². The van der Waals surface area contributed by atoms with Crippen LogP contribution in [0.15, 0.2) is 72.0 Å². The lowest BCUT2D eigenvalue weighted by Crippen LogP contribution is -2.37. The molecule has 1 atom stereocenters. The summed E-state index contributed by atoms with van der Waals surface area (Å²) < 4.78 is 9.18. The van der Waals surface area contributed by atoms with Crippen molar-refractivity contribution >= 4 is 36.2 Å². The standard InChI is InChI=1S/C27H31ClN4O2Si/c1-18-15-31(17-29-18)25-12-9-22(14-26(25)34-3)30-24-13-21(28)16-32(27(24)33)19(2)20-7-10-23(11-8-20)35(4,5)6/h7-17,19,30H,1-6H3/t19-/m0/s1. The van der Waals surface area contributed by atoms with Crippen LogP contribution in [0.4, 0.5) is 11.4 Å². The van der Waals surface area contributed by atoms with E-state index < -0.39 is 8.07 Å². The number of rotatable bonds is 7. The molecule has 0 amide bonds. The van der Waals surface area contributed by atoms with Crippen molar-refractivity contribution in [2.45, 2.75) is 39.5 Å². The number of imidazole rings is 1. The zero-order valence-corrected chi connectivity index (χ0v) is 22.7. The van der Waals surface area contributed by atoms with Crippen molar-refractivity contribution in [3.05, 3.63) is 93.9 Å². The second-order valence-electron chi connectivity index (χ2n) is 9.77. The fraction of sp³-hybridized carbons (Fsp3) is 0.259. The fourth-order valence-electron chi connectivity index (χ4n) is 4.04. The molecule has 2 heterocycles. The molecule has 0 saturated carbocycles. The second-order valence-corrected chi connectivity index (χ2v) is 15.3. The maximum atomic E-state index is 13.4. The van der Waals surface area contributed by atoms with Crippen LogP contribution < -0.4 is 20.8 Å². The van der Waals surface area contributed by atoms with E-state index in [0.29, 0.717) is 16.5 Å². The molecule has 0 aliphatic rings. The zero-order valence-electron chi connectivity index (χ0n) is 21.0. The molecule has 4 aromatic rings. The number of nitrogens with one attached hydrogen (secondary N) is 1. The number of nitrogens with zero attached hydrogens (tertiary/aromatic N) is 3. The Bertz CT molecular complexity index is 1400. The number of benzene rings is 2. The second kappa shape index (κ2) is 9.75. The van der Waals surface area contributed by atoms with E-state index in [1.165, 1.54) is 5.19 Å². The van der Waals surface area contributed by atoms with Crippen molar-refractivity contribution in [1.29, 1.82) is 0 Å². The van der Waals surface area contributed by atoms with Crippen molar-refractivity contribution < 1.29 is 4.74 Å². The molecule has 8 heteroatoms. The van der Waals surface area contributed by atoms with Crippen molar-refractivity contribution in [3.63, 3.8) is 0 Å². The summed E-state index contributed by atoms with van der Waals surface area (Å²) in [4.78, 5) is 17.7. The molecule has 182 valence electrons. The van der Waals surface area contributed by atoms with Gasteiger partial charge in [-0.2, -0.15) is 0 Å². The first-order valence-corrected chi connectivity index (χ1v) is 15.4. The molecule has 6 nitrogen and oxygen atoms in total. The Balaban J connectivity index is 1.65. The van der Waals surface area contributed by atoms with E-state index in [1.54, 1.807) is 30.3 Å². The van der Waals surface area contributed by atoms with E-state index in [4.69, 9.17) is 16.3 Å². The monoisotopic (exact) mass is 506 g/mol. The predicted molar refractivity (Wildman–Crippen MR) is 147 cm³/mol. The highest BCUT2D eigenvalue weighted by Crippen LogP contribution is 2.29. The average Bonchev–Trinajstić information content (AvgIpc) is 3.26. The average molecular weight is 507 g/mol. The highest BCUT2D eigenvalue weighted by molar-refractivity contribution is 6.88.